The summed E-state index contributed by atoms with van der Waals surface area (Å²) in [5.74, 6) is -0.443. The van der Waals surface area contributed by atoms with E-state index >= 15 is 0 Å². The molecule has 7 nitrogen and oxygen atoms in total. The number of carbonyl (C=O) groups excluding carboxylic acids is 2. The molecular formula is C26H33N3O4S. The second-order valence-corrected chi connectivity index (χ2v) is 11.2. The summed E-state index contributed by atoms with van der Waals surface area (Å²) in [4.78, 5) is 28.6. The second kappa shape index (κ2) is 10.7. The number of likely N-dealkylation sites (tertiary alicyclic amines) is 1. The summed E-state index contributed by atoms with van der Waals surface area (Å²) in [5, 5.41) is 2.99. The van der Waals surface area contributed by atoms with Crippen LogP contribution in [0.4, 0.5) is 0 Å². The van der Waals surface area contributed by atoms with Crippen molar-refractivity contribution >= 4 is 21.8 Å². The molecule has 2 aliphatic heterocycles. The molecule has 4 rings (SSSR count). The van der Waals surface area contributed by atoms with Gasteiger partial charge in [-0.25, -0.2) is 8.42 Å². The van der Waals surface area contributed by atoms with Crippen molar-refractivity contribution < 1.29 is 18.0 Å². The lowest BCUT2D eigenvalue weighted by molar-refractivity contribution is -0.135. The van der Waals surface area contributed by atoms with Gasteiger partial charge in [-0.1, -0.05) is 35.9 Å². The first-order chi connectivity index (χ1) is 16.4. The monoisotopic (exact) mass is 483 g/mol. The van der Waals surface area contributed by atoms with Crippen LogP contribution in [0, 0.1) is 12.8 Å². The fourth-order valence-corrected chi connectivity index (χ4v) is 6.28. The van der Waals surface area contributed by atoms with Crippen molar-refractivity contribution in [2.24, 2.45) is 5.92 Å². The number of carbonyl (C=O) groups is 2. The molecule has 1 atom stereocenters. The van der Waals surface area contributed by atoms with Gasteiger partial charge in [0.25, 0.3) is 5.91 Å². The van der Waals surface area contributed by atoms with Gasteiger partial charge >= 0.3 is 0 Å². The maximum Gasteiger partial charge on any atom is 0.251 e. The molecule has 1 unspecified atom stereocenters. The molecule has 0 saturated carbocycles. The summed E-state index contributed by atoms with van der Waals surface area (Å²) < 4.78 is 27.7. The topological polar surface area (TPSA) is 86.8 Å². The van der Waals surface area contributed by atoms with E-state index in [9.17, 15) is 18.0 Å². The molecule has 0 bridgehead atoms. The van der Waals surface area contributed by atoms with Crippen molar-refractivity contribution in [1.29, 1.82) is 0 Å². The van der Waals surface area contributed by atoms with E-state index in [1.54, 1.807) is 48.5 Å². The minimum absolute atomic E-state index is 0.0520. The van der Waals surface area contributed by atoms with Crippen LogP contribution in [-0.2, 0) is 14.8 Å². The molecule has 2 amide bonds. The Morgan fingerprint density at radius 2 is 1.50 bits per heavy atom. The molecule has 0 aliphatic carbocycles. The number of piperidine rings is 2. The lowest BCUT2D eigenvalue weighted by Crippen LogP contribution is -2.55. The van der Waals surface area contributed by atoms with E-state index in [0.717, 1.165) is 24.8 Å². The maximum atomic E-state index is 13.5. The Kier molecular flexibility index (Phi) is 7.68. The molecular weight excluding hydrogens is 450 g/mol. The zero-order valence-electron chi connectivity index (χ0n) is 19.7. The van der Waals surface area contributed by atoms with Crippen LogP contribution < -0.4 is 5.32 Å². The van der Waals surface area contributed by atoms with Gasteiger partial charge in [0.2, 0.25) is 15.9 Å². The molecule has 0 spiro atoms. The SMILES string of the molecule is Cc1ccc(S(=O)(=O)N2CCC(C(NC(=O)c3ccccc3)C(=O)N3CCCCC3)CC2)cc1. The Morgan fingerprint density at radius 3 is 2.12 bits per heavy atom. The zero-order chi connectivity index (χ0) is 24.1. The van der Waals surface area contributed by atoms with Crippen LogP contribution in [0.1, 0.15) is 48.0 Å². The first kappa shape index (κ1) is 24.4. The van der Waals surface area contributed by atoms with E-state index in [-0.39, 0.29) is 22.6 Å². The van der Waals surface area contributed by atoms with Crippen molar-refractivity contribution in [1.82, 2.24) is 14.5 Å². The minimum Gasteiger partial charge on any atom is -0.341 e. The smallest absolute Gasteiger partial charge is 0.251 e. The van der Waals surface area contributed by atoms with Crippen molar-refractivity contribution in [2.45, 2.75) is 50.0 Å². The van der Waals surface area contributed by atoms with Gasteiger partial charge in [0.15, 0.2) is 0 Å². The molecule has 182 valence electrons. The highest BCUT2D eigenvalue weighted by Gasteiger charge is 2.38. The van der Waals surface area contributed by atoms with Gasteiger partial charge in [-0.15, -0.1) is 0 Å². The highest BCUT2D eigenvalue weighted by Crippen LogP contribution is 2.27. The fourth-order valence-electron chi connectivity index (χ4n) is 4.82. The lowest BCUT2D eigenvalue weighted by Gasteiger charge is -2.38. The number of hydrogen-bond donors (Lipinski definition) is 1. The van der Waals surface area contributed by atoms with Crippen LogP contribution in [0.5, 0.6) is 0 Å². The number of aryl methyl sites for hydroxylation is 1. The van der Waals surface area contributed by atoms with E-state index < -0.39 is 16.1 Å². The normalized spacial score (nSPS) is 18.9. The third-order valence-electron chi connectivity index (χ3n) is 6.89. The summed E-state index contributed by atoms with van der Waals surface area (Å²) in [6, 6.07) is 15.1. The van der Waals surface area contributed by atoms with E-state index in [0.29, 0.717) is 44.6 Å². The summed E-state index contributed by atoms with van der Waals surface area (Å²) in [7, 11) is -3.58. The Morgan fingerprint density at radius 1 is 0.882 bits per heavy atom. The summed E-state index contributed by atoms with van der Waals surface area (Å²) >= 11 is 0. The minimum atomic E-state index is -3.58. The lowest BCUT2D eigenvalue weighted by atomic mass is 9.88. The average molecular weight is 484 g/mol. The third kappa shape index (κ3) is 5.50. The van der Waals surface area contributed by atoms with Crippen LogP contribution in [0.15, 0.2) is 59.5 Å². The number of nitrogens with one attached hydrogen (secondary N) is 1. The molecule has 34 heavy (non-hydrogen) atoms. The summed E-state index contributed by atoms with van der Waals surface area (Å²) in [6.07, 6.45) is 4.09. The molecule has 1 N–H and O–H groups in total. The Balaban J connectivity index is 1.48. The van der Waals surface area contributed by atoms with Gasteiger partial charge in [-0.05, 0) is 69.2 Å². The molecule has 8 heteroatoms. The predicted octanol–water partition coefficient (Wildman–Crippen LogP) is 3.21. The molecule has 2 heterocycles. The first-order valence-corrected chi connectivity index (χ1v) is 13.5. The third-order valence-corrected chi connectivity index (χ3v) is 8.80. The van der Waals surface area contributed by atoms with E-state index in [1.807, 2.05) is 17.9 Å². The highest BCUT2D eigenvalue weighted by atomic mass is 32.2. The van der Waals surface area contributed by atoms with Crippen molar-refractivity contribution in [3.63, 3.8) is 0 Å². The van der Waals surface area contributed by atoms with Gasteiger partial charge in [0.05, 0.1) is 4.90 Å². The number of nitrogens with zero attached hydrogens (tertiary/aromatic N) is 2. The Labute approximate surface area is 202 Å². The van der Waals surface area contributed by atoms with Crippen LogP contribution in [0.2, 0.25) is 0 Å². The van der Waals surface area contributed by atoms with Gasteiger partial charge in [0, 0.05) is 31.7 Å². The number of sulfonamides is 1. The molecule has 0 radical (unpaired) electrons. The first-order valence-electron chi connectivity index (χ1n) is 12.1. The van der Waals surface area contributed by atoms with Gasteiger partial charge in [-0.3, -0.25) is 9.59 Å². The van der Waals surface area contributed by atoms with Gasteiger partial charge < -0.3 is 10.2 Å². The van der Waals surface area contributed by atoms with Crippen LogP contribution in [-0.4, -0.2) is 61.7 Å². The zero-order valence-corrected chi connectivity index (χ0v) is 20.5. The Bertz CT molecular complexity index is 1090. The van der Waals surface area contributed by atoms with Crippen LogP contribution in [0.25, 0.3) is 0 Å². The number of hydrogen-bond acceptors (Lipinski definition) is 4. The molecule has 2 aliphatic rings. The van der Waals surface area contributed by atoms with Gasteiger partial charge in [0.1, 0.15) is 6.04 Å². The molecule has 0 aromatic heterocycles. The van der Waals surface area contributed by atoms with Crippen LogP contribution >= 0.6 is 0 Å². The summed E-state index contributed by atoms with van der Waals surface area (Å²) in [6.45, 7) is 3.98. The van der Waals surface area contributed by atoms with E-state index in [1.165, 1.54) is 4.31 Å². The van der Waals surface area contributed by atoms with E-state index in [4.69, 9.17) is 0 Å². The molecule has 2 saturated heterocycles. The van der Waals surface area contributed by atoms with Crippen molar-refractivity contribution in [3.05, 3.63) is 65.7 Å². The van der Waals surface area contributed by atoms with Crippen LogP contribution in [0.3, 0.4) is 0 Å². The largest absolute Gasteiger partial charge is 0.341 e. The number of rotatable bonds is 6. The predicted molar refractivity (Wildman–Crippen MR) is 131 cm³/mol. The number of benzene rings is 2. The van der Waals surface area contributed by atoms with Crippen molar-refractivity contribution in [2.75, 3.05) is 26.2 Å². The summed E-state index contributed by atoms with van der Waals surface area (Å²) in [5.41, 5.74) is 1.52. The van der Waals surface area contributed by atoms with Gasteiger partial charge in [-0.2, -0.15) is 4.31 Å². The quantitative estimate of drug-likeness (QED) is 0.684. The average Bonchev–Trinajstić information content (AvgIpc) is 2.88. The Hall–Kier alpha value is -2.71. The molecule has 2 aromatic carbocycles. The van der Waals surface area contributed by atoms with E-state index in [2.05, 4.69) is 5.32 Å². The second-order valence-electron chi connectivity index (χ2n) is 9.26. The molecule has 2 fully saturated rings. The highest BCUT2D eigenvalue weighted by molar-refractivity contribution is 7.89. The van der Waals surface area contributed by atoms with Crippen molar-refractivity contribution in [3.8, 4) is 0 Å². The fraction of sp³-hybridized carbons (Fsp3) is 0.462. The molecule has 2 aromatic rings. The number of amides is 2. The maximum absolute atomic E-state index is 13.5. The standard InChI is InChI=1S/C26H33N3O4S/c1-20-10-12-23(13-11-20)34(32,33)29-18-14-21(15-19-29)24(26(31)28-16-6-3-7-17-28)27-25(30)22-8-4-2-5-9-22/h2,4-5,8-13,21,24H,3,6-7,14-19H2,1H3,(H,27,30).